The zero-order valence-corrected chi connectivity index (χ0v) is 13.9. The number of aliphatic hydroxyl groups is 1. The second-order valence-electron chi connectivity index (χ2n) is 5.38. The number of rotatable bonds is 7. The highest BCUT2D eigenvalue weighted by atomic mass is 16.5. The first-order valence-electron chi connectivity index (χ1n) is 7.78. The average Bonchev–Trinajstić information content (AvgIpc) is 2.65. The van der Waals surface area contributed by atoms with Crippen LogP contribution in [0.4, 0.5) is 0 Å². The number of ether oxygens (including phenoxy) is 1. The fraction of sp³-hybridized carbons (Fsp3) is 0.211. The van der Waals surface area contributed by atoms with Gasteiger partial charge in [-0.3, -0.25) is 14.6 Å². The molecule has 0 aliphatic rings. The molecular weight excluding hydrogens is 320 g/mol. The number of carbonyl (C=O) groups excluding carboxylic acids is 2. The molecular formula is C19H20N2O4. The molecule has 0 fully saturated rings. The summed E-state index contributed by atoms with van der Waals surface area (Å²) in [6.07, 6.45) is 5.49. The first-order valence-corrected chi connectivity index (χ1v) is 7.78. The number of methoxy groups -OCH3 is 1. The molecule has 1 heterocycles. The number of amides is 1. The van der Waals surface area contributed by atoms with Gasteiger partial charge in [-0.2, -0.15) is 0 Å². The molecule has 0 bridgehead atoms. The van der Waals surface area contributed by atoms with Gasteiger partial charge in [0.1, 0.15) is 0 Å². The minimum atomic E-state index is -0.909. The van der Waals surface area contributed by atoms with Crippen LogP contribution in [0.2, 0.25) is 0 Å². The molecule has 25 heavy (non-hydrogen) atoms. The van der Waals surface area contributed by atoms with Crippen molar-refractivity contribution < 1.29 is 19.4 Å². The summed E-state index contributed by atoms with van der Waals surface area (Å²) in [4.78, 5) is 27.0. The number of benzene rings is 1. The van der Waals surface area contributed by atoms with Crippen LogP contribution in [-0.4, -0.2) is 29.1 Å². The molecule has 0 radical (unpaired) electrons. The largest absolute Gasteiger partial charge is 0.469 e. The van der Waals surface area contributed by atoms with Crippen molar-refractivity contribution in [1.29, 1.82) is 0 Å². The summed E-state index contributed by atoms with van der Waals surface area (Å²) in [5, 5.41) is 12.7. The number of carbonyl (C=O) groups is 2. The lowest BCUT2D eigenvalue weighted by molar-refractivity contribution is -0.142. The molecule has 0 aliphatic carbocycles. The lowest BCUT2D eigenvalue weighted by atomic mass is 10.0. The van der Waals surface area contributed by atoms with Gasteiger partial charge in [0.25, 0.3) is 0 Å². The van der Waals surface area contributed by atoms with Gasteiger partial charge in [0.15, 0.2) is 0 Å². The van der Waals surface area contributed by atoms with Crippen molar-refractivity contribution in [1.82, 2.24) is 10.3 Å². The Morgan fingerprint density at radius 1 is 1.28 bits per heavy atom. The predicted octanol–water partition coefficient (Wildman–Crippen LogP) is 2.01. The van der Waals surface area contributed by atoms with Crippen molar-refractivity contribution in [2.75, 3.05) is 7.11 Å². The Balaban J connectivity index is 1.86. The quantitative estimate of drug-likeness (QED) is 0.594. The van der Waals surface area contributed by atoms with Gasteiger partial charge >= 0.3 is 5.97 Å². The minimum Gasteiger partial charge on any atom is -0.469 e. The fourth-order valence-corrected chi connectivity index (χ4v) is 2.11. The van der Waals surface area contributed by atoms with E-state index < -0.39 is 12.1 Å². The van der Waals surface area contributed by atoms with Crippen molar-refractivity contribution in [2.24, 2.45) is 0 Å². The zero-order chi connectivity index (χ0) is 18.1. The third-order valence-electron chi connectivity index (χ3n) is 3.53. The number of nitrogens with one attached hydrogen (secondary N) is 1. The highest BCUT2D eigenvalue weighted by Gasteiger charge is 2.12. The lowest BCUT2D eigenvalue weighted by Gasteiger charge is -2.09. The normalized spacial score (nSPS) is 11.9. The zero-order valence-electron chi connectivity index (χ0n) is 13.9. The van der Waals surface area contributed by atoms with E-state index in [0.29, 0.717) is 12.1 Å². The number of nitrogens with zero attached hydrogens (tertiary/aromatic N) is 1. The smallest absolute Gasteiger partial charge is 0.308 e. The summed E-state index contributed by atoms with van der Waals surface area (Å²) < 4.78 is 4.53. The van der Waals surface area contributed by atoms with E-state index in [4.69, 9.17) is 0 Å². The third-order valence-corrected chi connectivity index (χ3v) is 3.53. The second-order valence-corrected chi connectivity index (χ2v) is 5.38. The predicted molar refractivity (Wildman–Crippen MR) is 93.2 cm³/mol. The van der Waals surface area contributed by atoms with E-state index in [1.165, 1.54) is 13.2 Å². The maximum absolute atomic E-state index is 11.8. The van der Waals surface area contributed by atoms with E-state index in [9.17, 15) is 14.7 Å². The molecule has 0 aliphatic heterocycles. The summed E-state index contributed by atoms with van der Waals surface area (Å²) in [7, 11) is 1.28. The van der Waals surface area contributed by atoms with Crippen LogP contribution in [0.1, 0.15) is 29.2 Å². The summed E-state index contributed by atoms with van der Waals surface area (Å²) in [5.74, 6) is -0.680. The molecule has 2 N–H and O–H groups in total. The summed E-state index contributed by atoms with van der Waals surface area (Å²) in [5.41, 5.74) is 2.35. The summed E-state index contributed by atoms with van der Waals surface area (Å²) in [6, 6.07) is 10.6. The first kappa shape index (κ1) is 18.4. The Morgan fingerprint density at radius 3 is 2.68 bits per heavy atom. The molecule has 130 valence electrons. The molecule has 1 aromatic carbocycles. The van der Waals surface area contributed by atoms with Gasteiger partial charge in [-0.15, -0.1) is 0 Å². The van der Waals surface area contributed by atoms with Crippen LogP contribution < -0.4 is 5.32 Å². The summed E-state index contributed by atoms with van der Waals surface area (Å²) >= 11 is 0. The number of hydrogen-bond acceptors (Lipinski definition) is 5. The summed E-state index contributed by atoms with van der Waals surface area (Å²) in [6.45, 7) is 0.412. The number of esters is 1. The Hall–Kier alpha value is -2.99. The van der Waals surface area contributed by atoms with Crippen LogP contribution in [0.5, 0.6) is 0 Å². The molecule has 0 spiro atoms. The molecule has 1 aromatic heterocycles. The maximum Gasteiger partial charge on any atom is 0.308 e. The molecule has 6 heteroatoms. The van der Waals surface area contributed by atoms with E-state index in [2.05, 4.69) is 15.0 Å². The average molecular weight is 340 g/mol. The monoisotopic (exact) mass is 340 g/mol. The molecule has 6 nitrogen and oxygen atoms in total. The molecule has 2 rings (SSSR count). The van der Waals surface area contributed by atoms with E-state index >= 15 is 0 Å². The van der Waals surface area contributed by atoms with Crippen molar-refractivity contribution in [3.63, 3.8) is 0 Å². The van der Waals surface area contributed by atoms with Gasteiger partial charge < -0.3 is 15.2 Å². The minimum absolute atomic E-state index is 0.0948. The van der Waals surface area contributed by atoms with Gasteiger partial charge in [-0.05, 0) is 28.8 Å². The van der Waals surface area contributed by atoms with Crippen molar-refractivity contribution in [3.8, 4) is 0 Å². The highest BCUT2D eigenvalue weighted by molar-refractivity contribution is 5.91. The van der Waals surface area contributed by atoms with E-state index in [1.54, 1.807) is 42.7 Å². The molecule has 0 saturated heterocycles. The van der Waals surface area contributed by atoms with Crippen LogP contribution in [0.25, 0.3) is 6.08 Å². The van der Waals surface area contributed by atoms with Gasteiger partial charge in [0, 0.05) is 25.0 Å². The van der Waals surface area contributed by atoms with Gasteiger partial charge in [0.05, 0.1) is 19.6 Å². The van der Waals surface area contributed by atoms with E-state index in [0.717, 1.165) is 11.1 Å². The Morgan fingerprint density at radius 2 is 2.04 bits per heavy atom. The molecule has 1 amide bonds. The Kier molecular flexibility index (Phi) is 6.86. The van der Waals surface area contributed by atoms with E-state index in [1.807, 2.05) is 12.1 Å². The second kappa shape index (κ2) is 9.34. The Bertz CT molecular complexity index is 727. The topological polar surface area (TPSA) is 88.5 Å². The highest BCUT2D eigenvalue weighted by Crippen LogP contribution is 2.18. The SMILES string of the molecule is COC(=O)CC(O)c1ccc(/C=C/C(=O)NCc2cccnc2)cc1. The van der Waals surface area contributed by atoms with Crippen LogP contribution >= 0.6 is 0 Å². The number of pyridine rings is 1. The maximum atomic E-state index is 11.8. The van der Waals surface area contributed by atoms with Crippen molar-refractivity contribution >= 4 is 18.0 Å². The molecule has 1 unspecified atom stereocenters. The molecule has 1 atom stereocenters. The number of aliphatic hydroxyl groups excluding tert-OH is 1. The fourth-order valence-electron chi connectivity index (χ4n) is 2.11. The standard InChI is InChI=1S/C19H20N2O4/c1-25-19(24)11-17(22)16-7-4-14(5-8-16)6-9-18(23)21-13-15-3-2-10-20-12-15/h2-10,12,17,22H,11,13H2,1H3,(H,21,23)/b9-6+. The lowest BCUT2D eigenvalue weighted by Crippen LogP contribution is -2.20. The number of aromatic nitrogens is 1. The van der Waals surface area contributed by atoms with Crippen molar-refractivity contribution in [3.05, 3.63) is 71.6 Å². The molecule has 0 saturated carbocycles. The molecule has 2 aromatic rings. The van der Waals surface area contributed by atoms with Crippen LogP contribution in [0, 0.1) is 0 Å². The van der Waals surface area contributed by atoms with Gasteiger partial charge in [0.2, 0.25) is 5.91 Å². The number of hydrogen-bond donors (Lipinski definition) is 2. The van der Waals surface area contributed by atoms with Crippen molar-refractivity contribution in [2.45, 2.75) is 19.1 Å². The van der Waals surface area contributed by atoms with Crippen LogP contribution in [0.15, 0.2) is 54.9 Å². The van der Waals surface area contributed by atoms with E-state index in [-0.39, 0.29) is 12.3 Å². The van der Waals surface area contributed by atoms with Crippen LogP contribution in [-0.2, 0) is 20.9 Å². The van der Waals surface area contributed by atoms with Gasteiger partial charge in [-0.1, -0.05) is 30.3 Å². The Labute approximate surface area is 146 Å². The van der Waals surface area contributed by atoms with Gasteiger partial charge in [-0.25, -0.2) is 0 Å². The van der Waals surface area contributed by atoms with Crippen LogP contribution in [0.3, 0.4) is 0 Å². The first-order chi connectivity index (χ1) is 12.1. The third kappa shape index (κ3) is 6.19.